The first-order valence-electron chi connectivity index (χ1n) is 5.47. The van der Waals surface area contributed by atoms with Crippen molar-refractivity contribution in [1.82, 2.24) is 9.55 Å². The Morgan fingerprint density at radius 1 is 1.44 bits per heavy atom. The lowest BCUT2D eigenvalue weighted by Crippen LogP contribution is -2.09. The van der Waals surface area contributed by atoms with Crippen molar-refractivity contribution in [2.75, 3.05) is 0 Å². The van der Waals surface area contributed by atoms with Gasteiger partial charge in [-0.15, -0.1) is 6.58 Å². The fraction of sp³-hybridized carbons (Fsp3) is 0.214. The SMILES string of the molecule is C=CCC(c1ccccc1C)n1ccnc1. The number of imidazole rings is 1. The third-order valence-corrected chi connectivity index (χ3v) is 2.82. The Kier molecular flexibility index (Phi) is 3.20. The minimum absolute atomic E-state index is 0.307. The van der Waals surface area contributed by atoms with Gasteiger partial charge in [0, 0.05) is 12.4 Å². The predicted octanol–water partition coefficient (Wildman–Crippen LogP) is 3.36. The predicted molar refractivity (Wildman–Crippen MR) is 66.4 cm³/mol. The molecule has 2 aromatic rings. The van der Waals surface area contributed by atoms with E-state index in [-0.39, 0.29) is 0 Å². The largest absolute Gasteiger partial charge is 0.330 e. The van der Waals surface area contributed by atoms with Gasteiger partial charge in [-0.3, -0.25) is 0 Å². The molecule has 0 aliphatic heterocycles. The van der Waals surface area contributed by atoms with Crippen LogP contribution in [0, 0.1) is 6.92 Å². The molecule has 82 valence electrons. The van der Waals surface area contributed by atoms with Crippen LogP contribution in [0.3, 0.4) is 0 Å². The molecule has 0 fully saturated rings. The summed E-state index contributed by atoms with van der Waals surface area (Å²) in [4.78, 5) is 4.11. The number of aryl methyl sites for hydroxylation is 1. The second kappa shape index (κ2) is 4.79. The zero-order valence-electron chi connectivity index (χ0n) is 9.50. The second-order valence-corrected chi connectivity index (χ2v) is 3.91. The topological polar surface area (TPSA) is 17.8 Å². The Morgan fingerprint density at radius 3 is 2.88 bits per heavy atom. The highest BCUT2D eigenvalue weighted by molar-refractivity contribution is 5.29. The molecule has 0 N–H and O–H groups in total. The maximum absolute atomic E-state index is 4.11. The van der Waals surface area contributed by atoms with Crippen LogP contribution >= 0.6 is 0 Å². The van der Waals surface area contributed by atoms with E-state index in [0.717, 1.165) is 6.42 Å². The van der Waals surface area contributed by atoms with Gasteiger partial charge < -0.3 is 4.57 Å². The number of nitrogens with zero attached hydrogens (tertiary/aromatic N) is 2. The summed E-state index contributed by atoms with van der Waals surface area (Å²) in [5.74, 6) is 0. The lowest BCUT2D eigenvalue weighted by Gasteiger charge is -2.19. The normalized spacial score (nSPS) is 12.3. The molecule has 2 nitrogen and oxygen atoms in total. The van der Waals surface area contributed by atoms with Crippen molar-refractivity contribution < 1.29 is 0 Å². The van der Waals surface area contributed by atoms with Crippen molar-refractivity contribution in [1.29, 1.82) is 0 Å². The summed E-state index contributed by atoms with van der Waals surface area (Å²) in [6.07, 6.45) is 8.55. The monoisotopic (exact) mass is 212 g/mol. The molecule has 0 spiro atoms. The fourth-order valence-corrected chi connectivity index (χ4v) is 1.98. The number of rotatable bonds is 4. The smallest absolute Gasteiger partial charge is 0.0951 e. The standard InChI is InChI=1S/C14H16N2/c1-3-6-14(16-10-9-15-11-16)13-8-5-4-7-12(13)2/h3-5,7-11,14H,1,6H2,2H3. The number of aromatic nitrogens is 2. The molecule has 2 heteroatoms. The third kappa shape index (κ3) is 2.06. The summed E-state index contributed by atoms with van der Waals surface area (Å²) < 4.78 is 2.13. The Hall–Kier alpha value is -1.83. The highest BCUT2D eigenvalue weighted by Gasteiger charge is 2.12. The molecule has 0 saturated heterocycles. The molecule has 1 aromatic carbocycles. The van der Waals surface area contributed by atoms with Gasteiger partial charge in [0.15, 0.2) is 0 Å². The van der Waals surface area contributed by atoms with Crippen LogP contribution in [0.25, 0.3) is 0 Å². The van der Waals surface area contributed by atoms with Crippen LogP contribution in [0.5, 0.6) is 0 Å². The van der Waals surface area contributed by atoms with E-state index in [1.165, 1.54) is 11.1 Å². The Balaban J connectivity index is 2.40. The summed E-state index contributed by atoms with van der Waals surface area (Å²) in [5, 5.41) is 0. The van der Waals surface area contributed by atoms with Crippen LogP contribution in [0.1, 0.15) is 23.6 Å². The van der Waals surface area contributed by atoms with Crippen LogP contribution in [0.4, 0.5) is 0 Å². The number of hydrogen-bond donors (Lipinski definition) is 0. The minimum atomic E-state index is 0.307. The van der Waals surface area contributed by atoms with Gasteiger partial charge in [-0.25, -0.2) is 4.98 Å². The first kappa shape index (κ1) is 10.7. The van der Waals surface area contributed by atoms with E-state index >= 15 is 0 Å². The molecule has 1 aromatic heterocycles. The molecular formula is C14H16N2. The van der Waals surface area contributed by atoms with Gasteiger partial charge in [0.25, 0.3) is 0 Å². The average molecular weight is 212 g/mol. The van der Waals surface area contributed by atoms with E-state index < -0.39 is 0 Å². The molecule has 0 aliphatic carbocycles. The highest BCUT2D eigenvalue weighted by Crippen LogP contribution is 2.24. The first-order chi connectivity index (χ1) is 7.83. The van der Waals surface area contributed by atoms with Crippen LogP contribution in [-0.4, -0.2) is 9.55 Å². The molecule has 0 aliphatic rings. The van der Waals surface area contributed by atoms with Crippen molar-refractivity contribution >= 4 is 0 Å². The molecule has 0 saturated carbocycles. The Labute approximate surface area is 96.3 Å². The molecule has 1 heterocycles. The summed E-state index contributed by atoms with van der Waals surface area (Å²) >= 11 is 0. The van der Waals surface area contributed by atoms with E-state index in [2.05, 4.69) is 47.3 Å². The van der Waals surface area contributed by atoms with Gasteiger partial charge in [0.1, 0.15) is 0 Å². The molecule has 0 amide bonds. The maximum atomic E-state index is 4.11. The van der Waals surface area contributed by atoms with Crippen molar-refractivity contribution in [3.8, 4) is 0 Å². The van der Waals surface area contributed by atoms with Crippen molar-refractivity contribution in [2.24, 2.45) is 0 Å². The van der Waals surface area contributed by atoms with Gasteiger partial charge >= 0.3 is 0 Å². The molecule has 0 bridgehead atoms. The highest BCUT2D eigenvalue weighted by atomic mass is 15.0. The van der Waals surface area contributed by atoms with E-state index in [9.17, 15) is 0 Å². The van der Waals surface area contributed by atoms with Gasteiger partial charge in [-0.05, 0) is 24.5 Å². The van der Waals surface area contributed by atoms with Crippen molar-refractivity contribution in [3.63, 3.8) is 0 Å². The number of hydrogen-bond acceptors (Lipinski definition) is 1. The van der Waals surface area contributed by atoms with Gasteiger partial charge in [-0.1, -0.05) is 30.3 Å². The van der Waals surface area contributed by atoms with E-state index in [0.29, 0.717) is 6.04 Å². The summed E-state index contributed by atoms with van der Waals surface area (Å²) in [6, 6.07) is 8.76. The van der Waals surface area contributed by atoms with E-state index in [1.807, 2.05) is 24.8 Å². The molecular weight excluding hydrogens is 196 g/mol. The third-order valence-electron chi connectivity index (χ3n) is 2.82. The summed E-state index contributed by atoms with van der Waals surface area (Å²) in [5.41, 5.74) is 2.64. The van der Waals surface area contributed by atoms with Crippen LogP contribution in [0.15, 0.2) is 55.6 Å². The Bertz CT molecular complexity index is 457. The lowest BCUT2D eigenvalue weighted by atomic mass is 9.99. The van der Waals surface area contributed by atoms with Crippen LogP contribution < -0.4 is 0 Å². The molecule has 1 atom stereocenters. The maximum Gasteiger partial charge on any atom is 0.0951 e. The van der Waals surface area contributed by atoms with Crippen LogP contribution in [0.2, 0.25) is 0 Å². The zero-order chi connectivity index (χ0) is 11.4. The summed E-state index contributed by atoms with van der Waals surface area (Å²) in [6.45, 7) is 5.97. The number of allylic oxidation sites excluding steroid dienone is 1. The Morgan fingerprint density at radius 2 is 2.25 bits per heavy atom. The van der Waals surface area contributed by atoms with Crippen molar-refractivity contribution in [3.05, 3.63) is 66.8 Å². The quantitative estimate of drug-likeness (QED) is 0.711. The molecule has 16 heavy (non-hydrogen) atoms. The van der Waals surface area contributed by atoms with Crippen LogP contribution in [-0.2, 0) is 0 Å². The van der Waals surface area contributed by atoms with E-state index in [1.54, 1.807) is 0 Å². The minimum Gasteiger partial charge on any atom is -0.330 e. The average Bonchev–Trinajstić information content (AvgIpc) is 2.80. The molecule has 0 radical (unpaired) electrons. The van der Waals surface area contributed by atoms with Gasteiger partial charge in [0.2, 0.25) is 0 Å². The second-order valence-electron chi connectivity index (χ2n) is 3.91. The van der Waals surface area contributed by atoms with Gasteiger partial charge in [-0.2, -0.15) is 0 Å². The van der Waals surface area contributed by atoms with Gasteiger partial charge in [0.05, 0.1) is 12.4 Å². The van der Waals surface area contributed by atoms with Crippen molar-refractivity contribution in [2.45, 2.75) is 19.4 Å². The number of benzene rings is 1. The fourth-order valence-electron chi connectivity index (χ4n) is 1.98. The first-order valence-corrected chi connectivity index (χ1v) is 5.47. The zero-order valence-corrected chi connectivity index (χ0v) is 9.50. The molecule has 2 rings (SSSR count). The molecule has 1 unspecified atom stereocenters. The summed E-state index contributed by atoms with van der Waals surface area (Å²) in [7, 11) is 0. The lowest BCUT2D eigenvalue weighted by molar-refractivity contribution is 0.589. The van der Waals surface area contributed by atoms with E-state index in [4.69, 9.17) is 0 Å².